The summed E-state index contributed by atoms with van der Waals surface area (Å²) in [6, 6.07) is 7.75. The number of nitrogens with two attached hydrogens (primary N) is 1. The number of benzene rings is 1. The molecule has 106 valence electrons. The van der Waals surface area contributed by atoms with Crippen LogP contribution in [0.1, 0.15) is 6.92 Å². The molecule has 0 saturated carbocycles. The van der Waals surface area contributed by atoms with E-state index in [1.807, 2.05) is 23.1 Å². The van der Waals surface area contributed by atoms with Crippen molar-refractivity contribution < 1.29 is 4.79 Å². The minimum Gasteiger partial charge on any atom is -0.345 e. The van der Waals surface area contributed by atoms with Gasteiger partial charge >= 0.3 is 0 Å². The van der Waals surface area contributed by atoms with E-state index in [-0.39, 0.29) is 5.91 Å². The Morgan fingerprint density at radius 2 is 2.00 bits per heavy atom. The van der Waals surface area contributed by atoms with E-state index >= 15 is 0 Å². The highest BCUT2D eigenvalue weighted by atomic mass is 32.1. The number of hydrogen-bond acceptors (Lipinski definition) is 5. The molecule has 0 radical (unpaired) electrons. The van der Waals surface area contributed by atoms with Crippen LogP contribution < -0.4 is 10.6 Å². The summed E-state index contributed by atoms with van der Waals surface area (Å²) in [7, 11) is 0. The average molecular weight is 290 g/mol. The number of piperazine rings is 1. The summed E-state index contributed by atoms with van der Waals surface area (Å²) in [6.45, 7) is 4.81. The Balaban J connectivity index is 1.70. The first-order valence-corrected chi connectivity index (χ1v) is 7.61. The predicted octanol–water partition coefficient (Wildman–Crippen LogP) is 1.29. The van der Waals surface area contributed by atoms with Crippen LogP contribution in [0.3, 0.4) is 0 Å². The number of anilines is 1. The number of carbonyl (C=O) groups is 1. The van der Waals surface area contributed by atoms with E-state index in [0.29, 0.717) is 0 Å². The van der Waals surface area contributed by atoms with Crippen LogP contribution in [-0.4, -0.2) is 48.0 Å². The molecule has 0 spiro atoms. The molecule has 1 amide bonds. The van der Waals surface area contributed by atoms with Crippen LogP contribution in [0.15, 0.2) is 24.3 Å². The molecular formula is C14H18N4OS. The lowest BCUT2D eigenvalue weighted by Gasteiger charge is -2.35. The lowest BCUT2D eigenvalue weighted by Crippen LogP contribution is -2.52. The maximum atomic E-state index is 11.9. The highest BCUT2D eigenvalue weighted by Gasteiger charge is 2.24. The van der Waals surface area contributed by atoms with Crippen molar-refractivity contribution in [2.45, 2.75) is 13.0 Å². The van der Waals surface area contributed by atoms with Gasteiger partial charge in [0.25, 0.3) is 0 Å². The Kier molecular flexibility index (Phi) is 3.58. The molecule has 2 N–H and O–H groups in total. The first kappa shape index (κ1) is 13.3. The Labute approximate surface area is 122 Å². The quantitative estimate of drug-likeness (QED) is 0.905. The van der Waals surface area contributed by atoms with Gasteiger partial charge < -0.3 is 15.5 Å². The van der Waals surface area contributed by atoms with Gasteiger partial charge in [0, 0.05) is 26.2 Å². The SMILES string of the molecule is CC(N)C(=O)N1CCN(c2nc3ccccc3s2)CC1. The fourth-order valence-electron chi connectivity index (χ4n) is 2.40. The summed E-state index contributed by atoms with van der Waals surface area (Å²) in [5, 5.41) is 1.04. The minimum absolute atomic E-state index is 0.0361. The Hall–Kier alpha value is -1.66. The molecular weight excluding hydrogens is 272 g/mol. The van der Waals surface area contributed by atoms with E-state index < -0.39 is 6.04 Å². The molecule has 5 nitrogen and oxygen atoms in total. The van der Waals surface area contributed by atoms with Crippen LogP contribution in [0.2, 0.25) is 0 Å². The van der Waals surface area contributed by atoms with Gasteiger partial charge in [-0.2, -0.15) is 0 Å². The molecule has 1 atom stereocenters. The molecule has 1 aliphatic rings. The summed E-state index contributed by atoms with van der Waals surface area (Å²) >= 11 is 1.71. The molecule has 0 aliphatic carbocycles. The van der Waals surface area contributed by atoms with Crippen molar-refractivity contribution in [2.24, 2.45) is 5.73 Å². The molecule has 1 saturated heterocycles. The number of nitrogens with zero attached hydrogens (tertiary/aromatic N) is 3. The maximum absolute atomic E-state index is 11.9. The third-order valence-electron chi connectivity index (χ3n) is 3.53. The van der Waals surface area contributed by atoms with Crippen molar-refractivity contribution in [3.05, 3.63) is 24.3 Å². The van der Waals surface area contributed by atoms with E-state index in [2.05, 4.69) is 16.0 Å². The van der Waals surface area contributed by atoms with Crippen LogP contribution in [0.5, 0.6) is 0 Å². The second kappa shape index (κ2) is 5.38. The molecule has 1 aliphatic heterocycles. The highest BCUT2D eigenvalue weighted by Crippen LogP contribution is 2.29. The lowest BCUT2D eigenvalue weighted by molar-refractivity contribution is -0.132. The van der Waals surface area contributed by atoms with E-state index in [4.69, 9.17) is 5.73 Å². The number of amides is 1. The van der Waals surface area contributed by atoms with Gasteiger partial charge in [0.15, 0.2) is 5.13 Å². The van der Waals surface area contributed by atoms with E-state index in [9.17, 15) is 4.79 Å². The summed E-state index contributed by atoms with van der Waals surface area (Å²) < 4.78 is 1.21. The number of para-hydroxylation sites is 1. The Morgan fingerprint density at radius 1 is 1.30 bits per heavy atom. The predicted molar refractivity (Wildman–Crippen MR) is 82.1 cm³/mol. The molecule has 1 aromatic carbocycles. The van der Waals surface area contributed by atoms with Gasteiger partial charge in [0.05, 0.1) is 16.3 Å². The van der Waals surface area contributed by atoms with Gasteiger partial charge in [-0.05, 0) is 19.1 Å². The molecule has 0 bridgehead atoms. The van der Waals surface area contributed by atoms with Gasteiger partial charge in [-0.1, -0.05) is 23.5 Å². The van der Waals surface area contributed by atoms with E-state index in [1.165, 1.54) is 4.70 Å². The topological polar surface area (TPSA) is 62.5 Å². The number of carbonyl (C=O) groups excluding carboxylic acids is 1. The number of fused-ring (bicyclic) bond motifs is 1. The molecule has 1 fully saturated rings. The molecule has 6 heteroatoms. The summed E-state index contributed by atoms with van der Waals surface area (Å²) in [6.07, 6.45) is 0. The van der Waals surface area contributed by atoms with Gasteiger partial charge in [-0.25, -0.2) is 4.98 Å². The smallest absolute Gasteiger partial charge is 0.239 e. The monoisotopic (exact) mass is 290 g/mol. The van der Waals surface area contributed by atoms with Crippen molar-refractivity contribution in [3.63, 3.8) is 0 Å². The molecule has 3 rings (SSSR count). The second-order valence-corrected chi connectivity index (χ2v) is 6.07. The van der Waals surface area contributed by atoms with Crippen molar-refractivity contribution in [2.75, 3.05) is 31.1 Å². The highest BCUT2D eigenvalue weighted by molar-refractivity contribution is 7.22. The Bertz CT molecular complexity index is 583. The summed E-state index contributed by atoms with van der Waals surface area (Å²) in [5.74, 6) is 0.0361. The average Bonchev–Trinajstić information content (AvgIpc) is 2.90. The van der Waals surface area contributed by atoms with Crippen molar-refractivity contribution in [3.8, 4) is 0 Å². The Morgan fingerprint density at radius 3 is 2.65 bits per heavy atom. The zero-order valence-electron chi connectivity index (χ0n) is 11.5. The fourth-order valence-corrected chi connectivity index (χ4v) is 3.42. The van der Waals surface area contributed by atoms with E-state index in [1.54, 1.807) is 18.3 Å². The number of hydrogen-bond donors (Lipinski definition) is 1. The van der Waals surface area contributed by atoms with Crippen LogP contribution >= 0.6 is 11.3 Å². The van der Waals surface area contributed by atoms with Crippen LogP contribution in [-0.2, 0) is 4.79 Å². The first-order chi connectivity index (χ1) is 9.65. The lowest BCUT2D eigenvalue weighted by atomic mass is 10.2. The molecule has 1 aromatic heterocycles. The van der Waals surface area contributed by atoms with Crippen molar-refractivity contribution in [1.29, 1.82) is 0 Å². The van der Waals surface area contributed by atoms with Crippen LogP contribution in [0, 0.1) is 0 Å². The second-order valence-electron chi connectivity index (χ2n) is 5.07. The molecule has 2 heterocycles. The van der Waals surface area contributed by atoms with Gasteiger partial charge in [0.1, 0.15) is 0 Å². The molecule has 2 aromatic rings. The number of thiazole rings is 1. The third kappa shape index (κ3) is 2.48. The zero-order valence-corrected chi connectivity index (χ0v) is 12.3. The molecule has 20 heavy (non-hydrogen) atoms. The standard InChI is InChI=1S/C14H18N4OS/c1-10(15)13(19)17-6-8-18(9-7-17)14-16-11-4-2-3-5-12(11)20-14/h2-5,10H,6-9,15H2,1H3. The minimum atomic E-state index is -0.413. The van der Waals surface area contributed by atoms with Gasteiger partial charge in [-0.15, -0.1) is 0 Å². The van der Waals surface area contributed by atoms with Gasteiger partial charge in [0.2, 0.25) is 5.91 Å². The van der Waals surface area contributed by atoms with E-state index in [0.717, 1.165) is 36.8 Å². The van der Waals surface area contributed by atoms with Crippen molar-refractivity contribution in [1.82, 2.24) is 9.88 Å². The largest absolute Gasteiger partial charge is 0.345 e. The zero-order chi connectivity index (χ0) is 14.1. The summed E-state index contributed by atoms with van der Waals surface area (Å²) in [5.41, 5.74) is 6.69. The first-order valence-electron chi connectivity index (χ1n) is 6.80. The number of aromatic nitrogens is 1. The number of rotatable bonds is 2. The third-order valence-corrected chi connectivity index (χ3v) is 4.63. The van der Waals surface area contributed by atoms with Crippen LogP contribution in [0.25, 0.3) is 10.2 Å². The van der Waals surface area contributed by atoms with Crippen LogP contribution in [0.4, 0.5) is 5.13 Å². The summed E-state index contributed by atoms with van der Waals surface area (Å²) in [4.78, 5) is 20.6. The van der Waals surface area contributed by atoms with Gasteiger partial charge in [-0.3, -0.25) is 4.79 Å². The normalized spacial score (nSPS) is 17.5. The van der Waals surface area contributed by atoms with Crippen molar-refractivity contribution >= 4 is 32.6 Å². The fraction of sp³-hybridized carbons (Fsp3) is 0.429. The molecule has 1 unspecified atom stereocenters. The maximum Gasteiger partial charge on any atom is 0.239 e.